The zero-order valence-electron chi connectivity index (χ0n) is 34.3. The van der Waals surface area contributed by atoms with Crippen molar-refractivity contribution in [2.45, 2.75) is 19.6 Å². The summed E-state index contributed by atoms with van der Waals surface area (Å²) in [6.45, 7) is 0. The van der Waals surface area contributed by atoms with E-state index < -0.39 is 183 Å². The number of azo groups is 2. The summed E-state index contributed by atoms with van der Waals surface area (Å²) in [6.07, 6.45) is 0. The van der Waals surface area contributed by atoms with E-state index in [-0.39, 0.29) is 12.1 Å². The van der Waals surface area contributed by atoms with Crippen LogP contribution in [0.25, 0.3) is 10.8 Å². The average molecular weight is 1090 g/mol. The number of nitrogens with two attached hydrogens (primary N) is 1. The fourth-order valence-electron chi connectivity index (χ4n) is 6.30. The van der Waals surface area contributed by atoms with Crippen LogP contribution in [0.15, 0.2) is 113 Å². The highest BCUT2D eigenvalue weighted by Gasteiger charge is 2.31. The van der Waals surface area contributed by atoms with Crippen molar-refractivity contribution < 1.29 is 86.2 Å². The van der Waals surface area contributed by atoms with E-state index in [0.29, 0.717) is 48.5 Å². The molecular weight excluding hydrogens is 1060 g/mol. The highest BCUT2D eigenvalue weighted by Crippen LogP contribution is 2.56. The van der Waals surface area contributed by atoms with E-state index in [9.17, 15) is 107 Å². The number of fused-ring (bicyclic) bond motifs is 1. The molecule has 0 atom stereocenters. The fraction of sp³-hybridized carbons (Fsp3) is 0. The minimum absolute atomic E-state index is 0.245. The lowest BCUT2D eigenvalue weighted by Crippen LogP contribution is -2.03. The first kappa shape index (κ1) is 52.8. The molecule has 0 aliphatic carbocycles. The molecule has 72 heavy (non-hydrogen) atoms. The van der Waals surface area contributed by atoms with Gasteiger partial charge in [-0.3, -0.25) is 54.1 Å². The molecule has 32 nitrogen and oxygen atoms in total. The number of benzene rings is 6. The molecule has 0 aliphatic rings. The summed E-state index contributed by atoms with van der Waals surface area (Å²) in [5.74, 6) is -4.60. The van der Waals surface area contributed by atoms with Crippen molar-refractivity contribution in [2.75, 3.05) is 16.4 Å². The Morgan fingerprint density at radius 3 is 1.24 bits per heavy atom. The summed E-state index contributed by atoms with van der Waals surface area (Å²) >= 11 is 0. The van der Waals surface area contributed by atoms with E-state index in [1.165, 1.54) is 0 Å². The maximum Gasteiger partial charge on any atom is 0.311 e. The van der Waals surface area contributed by atoms with Gasteiger partial charge in [-0.15, -0.1) is 20.5 Å². The van der Waals surface area contributed by atoms with Gasteiger partial charge in [0.05, 0.1) is 47.8 Å². The lowest BCUT2D eigenvalue weighted by Gasteiger charge is -2.23. The van der Waals surface area contributed by atoms with Gasteiger partial charge in [0.15, 0.2) is 5.75 Å². The number of phenolic OH excluding ortho intramolecular Hbond substituents is 1. The number of aromatic hydroxyl groups is 1. The topological polar surface area (TPSA) is 516 Å². The summed E-state index contributed by atoms with van der Waals surface area (Å²) in [7, 11) is -21.4. The Balaban J connectivity index is 1.54. The number of hydrogen-bond donors (Lipinski definition) is 10. The second-order valence-corrected chi connectivity index (χ2v) is 19.6. The Labute approximate surface area is 397 Å². The van der Waals surface area contributed by atoms with Crippen LogP contribution in [-0.4, -0.2) is 77.4 Å². The van der Waals surface area contributed by atoms with Gasteiger partial charge in [-0.25, -0.2) is 0 Å². The smallest absolute Gasteiger partial charge is 0.311 e. The van der Waals surface area contributed by atoms with E-state index in [0.717, 1.165) is 12.1 Å². The third kappa shape index (κ3) is 10.9. The lowest BCUT2D eigenvalue weighted by molar-refractivity contribution is -0.395. The Morgan fingerprint density at radius 2 is 0.875 bits per heavy atom. The van der Waals surface area contributed by atoms with Crippen molar-refractivity contribution in [2.24, 2.45) is 20.5 Å². The number of nitrogens with one attached hydrogen (secondary N) is 2. The van der Waals surface area contributed by atoms with Crippen LogP contribution in [0.1, 0.15) is 0 Å². The summed E-state index contributed by atoms with van der Waals surface area (Å²) in [4.78, 5) is 36.0. The largest absolute Gasteiger partial charge is 0.505 e. The van der Waals surface area contributed by atoms with Crippen molar-refractivity contribution >= 4 is 126 Å². The molecule has 378 valence electrons. The van der Waals surface area contributed by atoms with Crippen LogP contribution in [-0.2, 0) is 30.4 Å². The first-order valence-electron chi connectivity index (χ1n) is 18.1. The van der Waals surface area contributed by atoms with Crippen LogP contribution in [0.3, 0.4) is 0 Å². The standard InChI is InChI=1S/C34H23F2N11O21S4/c35-16-9-18(24(46(53)54)11-22(16)44(49)50)38-14-1-3-26(69(57,58)59)20(7-14)40-42-32-28(71(63,64)65)5-13-6-29(72(66,67)68)33(34(48)30(13)31(32)37)43-41-21-8-15(2-4-27(21)70(60,61)62)39-19-10-17(36)23(45(51)52)12-25(19)47(55)56/h1-12,38-39,48,63-65H,37H2,(H,57,58,59)(H,60,61,62)(H,66,67,68). The van der Waals surface area contributed by atoms with Crippen LogP contribution < -0.4 is 16.4 Å². The quantitative estimate of drug-likeness (QED) is 0.0142. The predicted molar refractivity (Wildman–Crippen MR) is 240 cm³/mol. The minimum atomic E-state index is -5.62. The highest BCUT2D eigenvalue weighted by atomic mass is 32.3. The molecule has 0 amide bonds. The molecule has 0 bridgehead atoms. The number of nitro groups is 4. The van der Waals surface area contributed by atoms with Gasteiger partial charge < -0.3 is 35.1 Å². The summed E-state index contributed by atoms with van der Waals surface area (Å²) in [5.41, 5.74) is -6.43. The minimum Gasteiger partial charge on any atom is -0.505 e. The van der Waals surface area contributed by atoms with Crippen molar-refractivity contribution in [3.8, 4) is 5.75 Å². The first-order valence-corrected chi connectivity index (χ1v) is 24.0. The number of halogens is 2. The number of nitro benzene ring substituents is 4. The monoisotopic (exact) mass is 1090 g/mol. The zero-order valence-corrected chi connectivity index (χ0v) is 37.6. The van der Waals surface area contributed by atoms with Crippen molar-refractivity contribution in [1.29, 1.82) is 0 Å². The lowest BCUT2D eigenvalue weighted by atomic mass is 10.1. The first-order chi connectivity index (χ1) is 33.2. The van der Waals surface area contributed by atoms with E-state index in [4.69, 9.17) is 5.73 Å². The molecule has 0 saturated heterocycles. The van der Waals surface area contributed by atoms with E-state index >= 15 is 0 Å². The number of nitrogens with zero attached hydrogens (tertiary/aromatic N) is 8. The third-order valence-corrected chi connectivity index (χ3v) is 12.9. The van der Waals surface area contributed by atoms with Crippen LogP contribution >= 0.6 is 10.9 Å². The molecule has 0 radical (unpaired) electrons. The van der Waals surface area contributed by atoms with Crippen LogP contribution in [0.5, 0.6) is 5.75 Å². The molecule has 38 heteroatoms. The van der Waals surface area contributed by atoms with Gasteiger partial charge in [-0.1, -0.05) is 0 Å². The molecule has 0 saturated carbocycles. The van der Waals surface area contributed by atoms with Gasteiger partial charge in [-0.2, -0.15) is 34.0 Å². The molecule has 0 fully saturated rings. The fourth-order valence-corrected chi connectivity index (χ4v) is 8.86. The summed E-state index contributed by atoms with van der Waals surface area (Å²) in [6, 6.07) is 6.15. The molecule has 0 aliphatic heterocycles. The van der Waals surface area contributed by atoms with Crippen LogP contribution in [0.4, 0.5) is 82.7 Å². The van der Waals surface area contributed by atoms with E-state index in [2.05, 4.69) is 31.1 Å². The number of nitrogen functional groups attached to an aromatic ring is 1. The molecular formula is C34H23F2N11O21S4. The second-order valence-electron chi connectivity index (χ2n) is 13.9. The molecule has 11 N–H and O–H groups in total. The number of rotatable bonds is 16. The third-order valence-electron chi connectivity index (χ3n) is 9.35. The predicted octanol–water partition coefficient (Wildman–Crippen LogP) is 8.68. The molecule has 0 spiro atoms. The van der Waals surface area contributed by atoms with Gasteiger partial charge >= 0.3 is 11.4 Å². The summed E-state index contributed by atoms with van der Waals surface area (Å²) in [5, 5.41) is 74.5. The average Bonchev–Trinajstić information content (AvgIpc) is 3.23. The van der Waals surface area contributed by atoms with Gasteiger partial charge in [0.2, 0.25) is 11.6 Å². The van der Waals surface area contributed by atoms with Crippen molar-refractivity contribution in [1.82, 2.24) is 0 Å². The highest BCUT2D eigenvalue weighted by molar-refractivity contribution is 8.19. The van der Waals surface area contributed by atoms with Gasteiger partial charge in [-0.05, 0) is 53.9 Å². The normalized spacial score (nSPS) is 12.6. The maximum atomic E-state index is 14.5. The Morgan fingerprint density at radius 1 is 0.500 bits per heavy atom. The van der Waals surface area contributed by atoms with Crippen LogP contribution in [0, 0.1) is 52.1 Å². The number of hydrogen-bond acceptors (Lipinski definition) is 25. The van der Waals surface area contributed by atoms with Gasteiger partial charge in [0.25, 0.3) is 41.7 Å². The molecule has 6 aromatic rings. The molecule has 0 unspecified atom stereocenters. The van der Waals surface area contributed by atoms with Crippen LogP contribution in [0.2, 0.25) is 0 Å². The number of anilines is 5. The van der Waals surface area contributed by atoms with Crippen molar-refractivity contribution in [3.63, 3.8) is 0 Å². The Kier molecular flexibility index (Phi) is 13.9. The summed E-state index contributed by atoms with van der Waals surface area (Å²) < 4.78 is 165. The zero-order chi connectivity index (χ0) is 53.7. The molecule has 0 heterocycles. The molecule has 6 aromatic carbocycles. The maximum absolute atomic E-state index is 14.5. The van der Waals surface area contributed by atoms with E-state index in [1.54, 1.807) is 0 Å². The molecule has 6 rings (SSSR count). The Hall–Kier alpha value is -8.60. The second kappa shape index (κ2) is 19.0. The van der Waals surface area contributed by atoms with E-state index in [1.807, 2.05) is 0 Å². The Bertz CT molecular complexity index is 3800. The molecule has 0 aromatic heterocycles. The van der Waals surface area contributed by atoms with Gasteiger partial charge in [0, 0.05) is 23.5 Å². The SMILES string of the molecule is Nc1c(N=Nc2cc(Nc3cc(F)c([N+](=O)[O-])cc3[N+](=O)[O-])ccc2S(=O)(=O)O)c(S(O)(O)O)cc2cc(S(=O)(=O)O)c(N=Nc3cc(Nc4cc(F)c([N+](=O)[O-])cc4[N+](=O)[O-])ccc3S(=O)(=O)O)c(O)c12. The van der Waals surface area contributed by atoms with Crippen molar-refractivity contribution in [3.05, 3.63) is 125 Å². The van der Waals surface area contributed by atoms with Gasteiger partial charge in [0.1, 0.15) is 59.7 Å². The number of phenols is 1.